The summed E-state index contributed by atoms with van der Waals surface area (Å²) >= 11 is 3.37. The number of imide groups is 1. The van der Waals surface area contributed by atoms with Gasteiger partial charge in [0.2, 0.25) is 11.8 Å². The molecule has 0 bridgehead atoms. The molecule has 5 amide bonds. The molecule has 0 spiro atoms. The molecule has 9 heteroatoms. The zero-order valence-corrected chi connectivity index (χ0v) is 18.4. The van der Waals surface area contributed by atoms with Crippen molar-refractivity contribution < 1.29 is 19.2 Å². The van der Waals surface area contributed by atoms with E-state index in [1.807, 2.05) is 6.07 Å². The van der Waals surface area contributed by atoms with E-state index in [4.69, 9.17) is 0 Å². The van der Waals surface area contributed by atoms with Crippen LogP contribution in [-0.4, -0.2) is 41.7 Å². The standard InChI is InChI=1S/C22H21BrN4O4/c1-22(14-6-4-7-15(23)12-14)20(30)27(21(31)25-22)13-18(28)24-16-8-2-3-9-17(16)26-11-5-10-19(26)29/h2-4,6-9,12H,5,10-11,13H2,1H3,(H,24,28)(H,25,31). The lowest BCUT2D eigenvalue weighted by Gasteiger charge is -2.23. The fourth-order valence-corrected chi connectivity index (χ4v) is 4.29. The average Bonchev–Trinajstić information content (AvgIpc) is 3.25. The number of urea groups is 1. The molecule has 2 N–H and O–H groups in total. The van der Waals surface area contributed by atoms with Crippen molar-refractivity contribution in [2.45, 2.75) is 25.3 Å². The minimum atomic E-state index is -1.26. The van der Waals surface area contributed by atoms with Gasteiger partial charge in [-0.3, -0.25) is 19.3 Å². The summed E-state index contributed by atoms with van der Waals surface area (Å²) in [4.78, 5) is 52.9. The number of hydrogen-bond acceptors (Lipinski definition) is 4. The first-order valence-electron chi connectivity index (χ1n) is 9.89. The molecular weight excluding hydrogens is 464 g/mol. The van der Waals surface area contributed by atoms with E-state index in [-0.39, 0.29) is 5.91 Å². The maximum absolute atomic E-state index is 13.1. The molecule has 160 valence electrons. The van der Waals surface area contributed by atoms with Gasteiger partial charge in [-0.1, -0.05) is 40.2 Å². The molecule has 0 radical (unpaired) electrons. The first kappa shape index (κ1) is 21.0. The van der Waals surface area contributed by atoms with Gasteiger partial charge in [0, 0.05) is 17.4 Å². The summed E-state index contributed by atoms with van der Waals surface area (Å²) in [6.07, 6.45) is 1.23. The number of para-hydroxylation sites is 2. The average molecular weight is 485 g/mol. The van der Waals surface area contributed by atoms with Gasteiger partial charge in [0.15, 0.2) is 0 Å². The third-order valence-electron chi connectivity index (χ3n) is 5.52. The van der Waals surface area contributed by atoms with Crippen LogP contribution in [0.2, 0.25) is 0 Å². The quantitative estimate of drug-likeness (QED) is 0.637. The number of halogens is 1. The van der Waals surface area contributed by atoms with Crippen molar-refractivity contribution in [2.75, 3.05) is 23.3 Å². The van der Waals surface area contributed by atoms with Crippen molar-refractivity contribution in [3.63, 3.8) is 0 Å². The first-order chi connectivity index (χ1) is 14.8. The summed E-state index contributed by atoms with van der Waals surface area (Å²) < 4.78 is 0.775. The molecule has 1 atom stereocenters. The molecule has 2 aliphatic rings. The molecule has 2 heterocycles. The second kappa shape index (κ2) is 8.14. The monoisotopic (exact) mass is 484 g/mol. The minimum Gasteiger partial charge on any atom is -0.323 e. The fourth-order valence-electron chi connectivity index (χ4n) is 3.89. The fraction of sp³-hybridized carbons (Fsp3) is 0.273. The van der Waals surface area contributed by atoms with Gasteiger partial charge in [0.05, 0.1) is 11.4 Å². The molecule has 4 rings (SSSR count). The zero-order valence-electron chi connectivity index (χ0n) is 16.9. The van der Waals surface area contributed by atoms with Crippen molar-refractivity contribution in [1.82, 2.24) is 10.2 Å². The van der Waals surface area contributed by atoms with Gasteiger partial charge >= 0.3 is 6.03 Å². The maximum atomic E-state index is 13.1. The Morgan fingerprint density at radius 1 is 1.16 bits per heavy atom. The van der Waals surface area contributed by atoms with Gasteiger partial charge in [-0.25, -0.2) is 4.79 Å². The lowest BCUT2D eigenvalue weighted by molar-refractivity contribution is -0.133. The van der Waals surface area contributed by atoms with E-state index >= 15 is 0 Å². The van der Waals surface area contributed by atoms with Gasteiger partial charge in [0.1, 0.15) is 12.1 Å². The SMILES string of the molecule is CC1(c2cccc(Br)c2)NC(=O)N(CC(=O)Nc2ccccc2N2CCCC2=O)C1=O. The van der Waals surface area contributed by atoms with Crippen LogP contribution >= 0.6 is 15.9 Å². The second-order valence-corrected chi connectivity index (χ2v) is 8.59. The van der Waals surface area contributed by atoms with Gasteiger partial charge < -0.3 is 15.5 Å². The van der Waals surface area contributed by atoms with Gasteiger partial charge in [-0.15, -0.1) is 0 Å². The minimum absolute atomic E-state index is 0.000543. The summed E-state index contributed by atoms with van der Waals surface area (Å²) in [6.45, 7) is 1.77. The highest BCUT2D eigenvalue weighted by molar-refractivity contribution is 9.10. The third-order valence-corrected chi connectivity index (χ3v) is 6.01. The van der Waals surface area contributed by atoms with Gasteiger partial charge in [-0.2, -0.15) is 0 Å². The van der Waals surface area contributed by atoms with Crippen molar-refractivity contribution in [3.8, 4) is 0 Å². The van der Waals surface area contributed by atoms with Crippen LogP contribution in [0.1, 0.15) is 25.3 Å². The van der Waals surface area contributed by atoms with Crippen molar-refractivity contribution in [3.05, 3.63) is 58.6 Å². The predicted molar refractivity (Wildman–Crippen MR) is 118 cm³/mol. The summed E-state index contributed by atoms with van der Waals surface area (Å²) in [6, 6.07) is 13.5. The van der Waals surface area contributed by atoms with Crippen molar-refractivity contribution in [2.24, 2.45) is 0 Å². The van der Waals surface area contributed by atoms with Crippen LogP contribution in [-0.2, 0) is 19.9 Å². The molecule has 2 aromatic carbocycles. The van der Waals surface area contributed by atoms with E-state index < -0.39 is 29.9 Å². The molecule has 2 saturated heterocycles. The summed E-state index contributed by atoms with van der Waals surface area (Å²) in [5, 5.41) is 5.43. The molecule has 1 unspecified atom stereocenters. The lowest BCUT2D eigenvalue weighted by atomic mass is 9.92. The van der Waals surface area contributed by atoms with E-state index in [1.165, 1.54) is 0 Å². The van der Waals surface area contributed by atoms with Crippen LogP contribution < -0.4 is 15.5 Å². The first-order valence-corrected chi connectivity index (χ1v) is 10.7. The largest absolute Gasteiger partial charge is 0.325 e. The number of anilines is 2. The Morgan fingerprint density at radius 3 is 2.65 bits per heavy atom. The van der Waals surface area contributed by atoms with E-state index in [1.54, 1.807) is 54.3 Å². The number of hydrogen-bond donors (Lipinski definition) is 2. The van der Waals surface area contributed by atoms with E-state index in [0.717, 1.165) is 15.8 Å². The number of carbonyl (C=O) groups excluding carboxylic acids is 4. The maximum Gasteiger partial charge on any atom is 0.325 e. The van der Waals surface area contributed by atoms with Crippen LogP contribution in [0.5, 0.6) is 0 Å². The molecular formula is C22H21BrN4O4. The van der Waals surface area contributed by atoms with Gasteiger partial charge in [0.25, 0.3) is 5.91 Å². The molecule has 8 nitrogen and oxygen atoms in total. The molecule has 2 aliphatic heterocycles. The third kappa shape index (κ3) is 3.93. The lowest BCUT2D eigenvalue weighted by Crippen LogP contribution is -2.42. The molecule has 0 saturated carbocycles. The Hall–Kier alpha value is -3.20. The Morgan fingerprint density at radius 2 is 1.94 bits per heavy atom. The number of nitrogens with one attached hydrogen (secondary N) is 2. The molecule has 0 aliphatic carbocycles. The Bertz CT molecular complexity index is 1090. The summed E-state index contributed by atoms with van der Waals surface area (Å²) in [7, 11) is 0. The number of nitrogens with zero attached hydrogens (tertiary/aromatic N) is 2. The van der Waals surface area contributed by atoms with Crippen LogP contribution in [0.15, 0.2) is 53.0 Å². The van der Waals surface area contributed by atoms with Gasteiger partial charge in [-0.05, 0) is 43.2 Å². The highest BCUT2D eigenvalue weighted by atomic mass is 79.9. The van der Waals surface area contributed by atoms with Crippen LogP contribution in [0.4, 0.5) is 16.2 Å². The molecule has 2 fully saturated rings. The Labute approximate surface area is 187 Å². The molecule has 2 aromatic rings. The van der Waals surface area contributed by atoms with E-state index in [0.29, 0.717) is 29.9 Å². The van der Waals surface area contributed by atoms with Crippen LogP contribution in [0.3, 0.4) is 0 Å². The smallest absolute Gasteiger partial charge is 0.323 e. The highest BCUT2D eigenvalue weighted by Crippen LogP contribution is 2.31. The summed E-state index contributed by atoms with van der Waals surface area (Å²) in [5.74, 6) is -1.03. The Balaban J connectivity index is 1.50. The molecule has 0 aromatic heterocycles. The predicted octanol–water partition coefficient (Wildman–Crippen LogP) is 2.98. The van der Waals surface area contributed by atoms with Crippen molar-refractivity contribution in [1.29, 1.82) is 0 Å². The second-order valence-electron chi connectivity index (χ2n) is 7.67. The summed E-state index contributed by atoms with van der Waals surface area (Å²) in [5.41, 5.74) is 0.418. The van der Waals surface area contributed by atoms with Crippen LogP contribution in [0.25, 0.3) is 0 Å². The topological polar surface area (TPSA) is 98.8 Å². The van der Waals surface area contributed by atoms with Crippen LogP contribution in [0, 0.1) is 0 Å². The normalized spacial score (nSPS) is 20.9. The molecule has 31 heavy (non-hydrogen) atoms. The zero-order chi connectivity index (χ0) is 22.2. The number of rotatable bonds is 5. The number of benzene rings is 2. The van der Waals surface area contributed by atoms with Crippen molar-refractivity contribution >= 4 is 51.1 Å². The van der Waals surface area contributed by atoms with E-state index in [2.05, 4.69) is 26.6 Å². The Kier molecular flexibility index (Phi) is 5.53. The number of carbonyl (C=O) groups is 4. The highest BCUT2D eigenvalue weighted by Gasteiger charge is 2.49. The number of amides is 5. The van der Waals surface area contributed by atoms with E-state index in [9.17, 15) is 19.2 Å².